The Labute approximate surface area is 118 Å². The predicted molar refractivity (Wildman–Crippen MR) is 80.9 cm³/mol. The van der Waals surface area contributed by atoms with Crippen molar-refractivity contribution in [1.82, 2.24) is 4.98 Å². The van der Waals surface area contributed by atoms with E-state index in [1.54, 1.807) is 18.4 Å². The number of rotatable bonds is 6. The van der Waals surface area contributed by atoms with Crippen molar-refractivity contribution in [3.8, 4) is 17.0 Å². The molecule has 1 heterocycles. The van der Waals surface area contributed by atoms with Crippen molar-refractivity contribution in [3.05, 3.63) is 34.2 Å². The van der Waals surface area contributed by atoms with Crippen LogP contribution in [0.25, 0.3) is 11.3 Å². The van der Waals surface area contributed by atoms with Crippen molar-refractivity contribution in [3.63, 3.8) is 0 Å². The first-order valence-electron chi connectivity index (χ1n) is 6.62. The maximum Gasteiger partial charge on any atom is 0.128 e. The van der Waals surface area contributed by atoms with Crippen LogP contribution in [0.4, 0.5) is 0 Å². The van der Waals surface area contributed by atoms with Crippen molar-refractivity contribution in [1.29, 1.82) is 0 Å². The van der Waals surface area contributed by atoms with E-state index in [4.69, 9.17) is 15.5 Å². The first-order chi connectivity index (χ1) is 9.30. The molecule has 0 aliphatic rings. The predicted octanol–water partition coefficient (Wildman–Crippen LogP) is 3.27. The van der Waals surface area contributed by atoms with Crippen LogP contribution in [0.15, 0.2) is 24.3 Å². The van der Waals surface area contributed by atoms with Crippen molar-refractivity contribution in [2.45, 2.75) is 26.2 Å². The topological polar surface area (TPSA) is 48.1 Å². The normalized spacial score (nSPS) is 10.7. The van der Waals surface area contributed by atoms with E-state index in [-0.39, 0.29) is 0 Å². The summed E-state index contributed by atoms with van der Waals surface area (Å²) in [5.74, 6) is 0.870. The number of thiazole rings is 1. The third kappa shape index (κ3) is 3.14. The molecule has 1 aromatic heterocycles. The minimum Gasteiger partial charge on any atom is -0.496 e. The molecule has 0 atom stereocenters. The molecular weight excluding hydrogens is 256 g/mol. The average molecular weight is 276 g/mol. The largest absolute Gasteiger partial charge is 0.496 e. The summed E-state index contributed by atoms with van der Waals surface area (Å²) in [6, 6.07) is 8.03. The van der Waals surface area contributed by atoms with E-state index in [9.17, 15) is 0 Å². The molecule has 0 saturated carbocycles. The van der Waals surface area contributed by atoms with Gasteiger partial charge in [-0.15, -0.1) is 11.3 Å². The Morgan fingerprint density at radius 2 is 2.05 bits per heavy atom. The SMILES string of the molecule is CCCc1nc(-c2ccccc2OC)c(CCN)s1. The molecule has 2 aromatic rings. The summed E-state index contributed by atoms with van der Waals surface area (Å²) in [5.41, 5.74) is 7.81. The first kappa shape index (κ1) is 14.0. The van der Waals surface area contributed by atoms with E-state index in [1.807, 2.05) is 18.2 Å². The van der Waals surface area contributed by atoms with E-state index in [0.29, 0.717) is 6.54 Å². The lowest BCUT2D eigenvalue weighted by Gasteiger charge is -2.07. The number of benzene rings is 1. The van der Waals surface area contributed by atoms with Gasteiger partial charge in [0.05, 0.1) is 17.8 Å². The van der Waals surface area contributed by atoms with Crippen LogP contribution in [-0.4, -0.2) is 18.6 Å². The number of hydrogen-bond acceptors (Lipinski definition) is 4. The van der Waals surface area contributed by atoms with Gasteiger partial charge in [-0.3, -0.25) is 0 Å². The highest BCUT2D eigenvalue weighted by Crippen LogP contribution is 2.34. The highest BCUT2D eigenvalue weighted by Gasteiger charge is 2.15. The second-order valence-corrected chi connectivity index (χ2v) is 5.54. The summed E-state index contributed by atoms with van der Waals surface area (Å²) < 4.78 is 5.44. The molecule has 102 valence electrons. The third-order valence-corrected chi connectivity index (χ3v) is 4.11. The quantitative estimate of drug-likeness (QED) is 0.881. The van der Waals surface area contributed by atoms with Gasteiger partial charge in [0.15, 0.2) is 0 Å². The number of aryl methyl sites for hydroxylation is 1. The van der Waals surface area contributed by atoms with Crippen LogP contribution in [0, 0.1) is 0 Å². The van der Waals surface area contributed by atoms with Gasteiger partial charge >= 0.3 is 0 Å². The van der Waals surface area contributed by atoms with Gasteiger partial charge in [-0.25, -0.2) is 4.98 Å². The number of aromatic nitrogens is 1. The van der Waals surface area contributed by atoms with Crippen molar-refractivity contribution >= 4 is 11.3 Å². The lowest BCUT2D eigenvalue weighted by Crippen LogP contribution is -2.02. The minimum atomic E-state index is 0.649. The summed E-state index contributed by atoms with van der Waals surface area (Å²) in [7, 11) is 1.70. The molecule has 0 bridgehead atoms. The minimum absolute atomic E-state index is 0.649. The second-order valence-electron chi connectivity index (χ2n) is 4.37. The molecule has 0 radical (unpaired) electrons. The summed E-state index contributed by atoms with van der Waals surface area (Å²) in [6.45, 7) is 2.82. The Kier molecular flexibility index (Phi) is 4.93. The van der Waals surface area contributed by atoms with Crippen LogP contribution in [0.3, 0.4) is 0 Å². The van der Waals surface area contributed by atoms with E-state index in [2.05, 4.69) is 13.0 Å². The number of nitrogens with two attached hydrogens (primary N) is 1. The number of methoxy groups -OCH3 is 1. The second kappa shape index (κ2) is 6.68. The van der Waals surface area contributed by atoms with E-state index in [0.717, 1.165) is 36.3 Å². The maximum absolute atomic E-state index is 5.71. The van der Waals surface area contributed by atoms with Crippen LogP contribution in [-0.2, 0) is 12.8 Å². The maximum atomic E-state index is 5.71. The van der Waals surface area contributed by atoms with Crippen LogP contribution >= 0.6 is 11.3 Å². The summed E-state index contributed by atoms with van der Waals surface area (Å²) in [5, 5.41) is 1.19. The number of nitrogens with zero attached hydrogens (tertiary/aromatic N) is 1. The van der Waals surface area contributed by atoms with Crippen LogP contribution in [0.2, 0.25) is 0 Å². The van der Waals surface area contributed by atoms with Gasteiger partial charge in [0.2, 0.25) is 0 Å². The molecule has 0 amide bonds. The molecule has 2 N–H and O–H groups in total. The molecule has 2 rings (SSSR count). The van der Waals surface area contributed by atoms with Crippen molar-refractivity contribution < 1.29 is 4.74 Å². The Hall–Kier alpha value is -1.39. The Morgan fingerprint density at radius 3 is 2.74 bits per heavy atom. The fraction of sp³-hybridized carbons (Fsp3) is 0.400. The molecule has 0 fully saturated rings. The van der Waals surface area contributed by atoms with Gasteiger partial charge < -0.3 is 10.5 Å². The van der Waals surface area contributed by atoms with E-state index >= 15 is 0 Å². The highest BCUT2D eigenvalue weighted by molar-refractivity contribution is 7.12. The lowest BCUT2D eigenvalue weighted by atomic mass is 10.1. The summed E-state index contributed by atoms with van der Waals surface area (Å²) in [4.78, 5) is 6.04. The number of ether oxygens (including phenoxy) is 1. The van der Waals surface area contributed by atoms with Crippen molar-refractivity contribution in [2.24, 2.45) is 5.73 Å². The molecule has 0 unspecified atom stereocenters. The Bertz CT molecular complexity index is 537. The molecule has 0 aliphatic carbocycles. The van der Waals surface area contributed by atoms with Crippen LogP contribution < -0.4 is 10.5 Å². The van der Waals surface area contributed by atoms with Crippen LogP contribution in [0.1, 0.15) is 23.2 Å². The zero-order valence-corrected chi connectivity index (χ0v) is 12.3. The molecular formula is C15H20N2OS. The lowest BCUT2D eigenvalue weighted by molar-refractivity contribution is 0.416. The fourth-order valence-electron chi connectivity index (χ4n) is 2.07. The summed E-state index contributed by atoms with van der Waals surface area (Å²) in [6.07, 6.45) is 3.01. The Balaban J connectivity index is 2.46. The van der Waals surface area contributed by atoms with Gasteiger partial charge in [0.25, 0.3) is 0 Å². The zero-order chi connectivity index (χ0) is 13.7. The third-order valence-electron chi connectivity index (χ3n) is 2.94. The van der Waals surface area contributed by atoms with Gasteiger partial charge in [-0.05, 0) is 37.9 Å². The molecule has 19 heavy (non-hydrogen) atoms. The van der Waals surface area contributed by atoms with Gasteiger partial charge in [0.1, 0.15) is 5.75 Å². The average Bonchev–Trinajstić information content (AvgIpc) is 2.82. The molecule has 3 nitrogen and oxygen atoms in total. The first-order valence-corrected chi connectivity index (χ1v) is 7.43. The molecule has 4 heteroatoms. The fourth-order valence-corrected chi connectivity index (χ4v) is 3.27. The highest BCUT2D eigenvalue weighted by atomic mass is 32.1. The molecule has 0 saturated heterocycles. The van der Waals surface area contributed by atoms with Gasteiger partial charge in [-0.2, -0.15) is 0 Å². The van der Waals surface area contributed by atoms with E-state index < -0.39 is 0 Å². The molecule has 0 aliphatic heterocycles. The number of para-hydroxylation sites is 1. The smallest absolute Gasteiger partial charge is 0.128 e. The molecule has 0 spiro atoms. The van der Waals surface area contributed by atoms with Gasteiger partial charge in [0, 0.05) is 10.4 Å². The van der Waals surface area contributed by atoms with Gasteiger partial charge in [-0.1, -0.05) is 19.1 Å². The number of hydrogen-bond donors (Lipinski definition) is 1. The standard InChI is InChI=1S/C15H20N2OS/c1-3-6-14-17-15(13(19-14)9-10-16)11-7-4-5-8-12(11)18-2/h4-5,7-8H,3,6,9-10,16H2,1-2H3. The molecule has 1 aromatic carbocycles. The summed E-state index contributed by atoms with van der Waals surface area (Å²) >= 11 is 1.78. The monoisotopic (exact) mass is 276 g/mol. The van der Waals surface area contributed by atoms with Crippen molar-refractivity contribution in [2.75, 3.05) is 13.7 Å². The van der Waals surface area contributed by atoms with Crippen LogP contribution in [0.5, 0.6) is 5.75 Å². The Morgan fingerprint density at radius 1 is 1.26 bits per heavy atom. The zero-order valence-electron chi connectivity index (χ0n) is 11.5. The van der Waals surface area contributed by atoms with E-state index in [1.165, 1.54) is 9.88 Å².